The van der Waals surface area contributed by atoms with E-state index in [1.807, 2.05) is 18.2 Å². The Hall–Kier alpha value is -1.97. The van der Waals surface area contributed by atoms with E-state index in [-0.39, 0.29) is 18.2 Å². The lowest BCUT2D eigenvalue weighted by Crippen LogP contribution is -2.47. The first-order chi connectivity index (χ1) is 15.8. The minimum Gasteiger partial charge on any atom is -0.495 e. The molecule has 3 atom stereocenters. The highest BCUT2D eigenvalue weighted by atomic mass is 31.2. The number of likely N-dealkylation sites (tertiary alicyclic amines) is 1. The van der Waals surface area contributed by atoms with Gasteiger partial charge >= 0.3 is 7.82 Å². The predicted octanol–water partition coefficient (Wildman–Crippen LogP) is 1.47. The number of anilines is 1. The average molecular weight is 481 g/mol. The van der Waals surface area contributed by atoms with E-state index in [2.05, 4.69) is 15.9 Å². The van der Waals surface area contributed by atoms with Gasteiger partial charge in [0, 0.05) is 32.7 Å². The molecular formula is C22H32N3O7P. The highest BCUT2D eigenvalue weighted by Crippen LogP contribution is 2.45. The molecular weight excluding hydrogens is 449 g/mol. The van der Waals surface area contributed by atoms with E-state index in [0.717, 1.165) is 44.2 Å². The summed E-state index contributed by atoms with van der Waals surface area (Å²) in [4.78, 5) is 49.7. The number of para-hydroxylation sites is 2. The summed E-state index contributed by atoms with van der Waals surface area (Å²) in [5.41, 5.74) is 1.09. The fourth-order valence-electron chi connectivity index (χ4n) is 5.28. The van der Waals surface area contributed by atoms with Crippen LogP contribution in [0.1, 0.15) is 25.7 Å². The van der Waals surface area contributed by atoms with Crippen LogP contribution < -0.4 is 9.64 Å². The molecule has 0 aromatic heterocycles. The highest BCUT2D eigenvalue weighted by Gasteiger charge is 2.50. The Morgan fingerprint density at radius 3 is 2.39 bits per heavy atom. The number of phosphoric acid groups is 1. The van der Waals surface area contributed by atoms with Crippen molar-refractivity contribution in [2.45, 2.75) is 31.8 Å². The van der Waals surface area contributed by atoms with Crippen molar-refractivity contribution in [1.82, 2.24) is 9.80 Å². The lowest BCUT2D eigenvalue weighted by molar-refractivity contribution is -0.140. The van der Waals surface area contributed by atoms with Gasteiger partial charge in [-0.25, -0.2) is 4.57 Å². The molecule has 0 bridgehead atoms. The van der Waals surface area contributed by atoms with Gasteiger partial charge in [-0.1, -0.05) is 12.1 Å². The van der Waals surface area contributed by atoms with E-state index in [4.69, 9.17) is 19.0 Å². The van der Waals surface area contributed by atoms with Gasteiger partial charge in [0.1, 0.15) is 5.75 Å². The summed E-state index contributed by atoms with van der Waals surface area (Å²) in [7, 11) is -2.93. The SMILES string of the molecule is COc1ccccc1N1CCN(CCCN2C(=O)C3CCC(OP(=O)(O)O)CC3C2=O)CC1. The molecule has 3 unspecified atom stereocenters. The number of carbonyl (C=O) groups is 2. The number of piperazine rings is 1. The van der Waals surface area contributed by atoms with Crippen LogP contribution in [0.2, 0.25) is 0 Å². The number of amides is 2. The van der Waals surface area contributed by atoms with Crippen LogP contribution in [0.15, 0.2) is 24.3 Å². The fourth-order valence-corrected chi connectivity index (χ4v) is 5.86. The van der Waals surface area contributed by atoms with Crippen LogP contribution in [0.5, 0.6) is 5.75 Å². The molecule has 1 aromatic rings. The van der Waals surface area contributed by atoms with Crippen molar-refractivity contribution >= 4 is 25.3 Å². The van der Waals surface area contributed by atoms with Gasteiger partial charge in [-0.2, -0.15) is 0 Å². The van der Waals surface area contributed by atoms with E-state index in [0.29, 0.717) is 25.8 Å². The molecule has 182 valence electrons. The van der Waals surface area contributed by atoms with Crippen LogP contribution in [0.25, 0.3) is 0 Å². The van der Waals surface area contributed by atoms with Crippen molar-refractivity contribution in [2.75, 3.05) is 51.3 Å². The Labute approximate surface area is 193 Å². The number of fused-ring (bicyclic) bond motifs is 1. The van der Waals surface area contributed by atoms with Crippen LogP contribution in [-0.2, 0) is 18.7 Å². The summed E-state index contributed by atoms with van der Waals surface area (Å²) in [6.45, 7) is 4.73. The van der Waals surface area contributed by atoms with Crippen molar-refractivity contribution in [3.8, 4) is 5.75 Å². The number of rotatable bonds is 8. The average Bonchev–Trinajstić information content (AvgIpc) is 3.03. The summed E-state index contributed by atoms with van der Waals surface area (Å²) in [5, 5.41) is 0. The molecule has 0 spiro atoms. The first-order valence-electron chi connectivity index (χ1n) is 11.5. The van der Waals surface area contributed by atoms with Crippen molar-refractivity contribution in [3.63, 3.8) is 0 Å². The second kappa shape index (κ2) is 10.1. The van der Waals surface area contributed by atoms with Crippen molar-refractivity contribution in [1.29, 1.82) is 0 Å². The number of hydrogen-bond acceptors (Lipinski definition) is 7. The Morgan fingerprint density at radius 1 is 1.00 bits per heavy atom. The number of carbonyl (C=O) groups excluding carboxylic acids is 2. The molecule has 2 N–H and O–H groups in total. The number of hydrogen-bond donors (Lipinski definition) is 2. The lowest BCUT2D eigenvalue weighted by atomic mass is 9.80. The fraction of sp³-hybridized carbons (Fsp3) is 0.636. The second-order valence-corrected chi connectivity index (χ2v) is 10.1. The largest absolute Gasteiger partial charge is 0.495 e. The molecule has 1 aromatic carbocycles. The Balaban J connectivity index is 1.24. The topological polar surface area (TPSA) is 120 Å². The van der Waals surface area contributed by atoms with Crippen LogP contribution in [-0.4, -0.2) is 83.9 Å². The van der Waals surface area contributed by atoms with Gasteiger partial charge in [-0.15, -0.1) is 0 Å². The normalized spacial score (nSPS) is 26.6. The Morgan fingerprint density at radius 2 is 1.70 bits per heavy atom. The molecule has 4 rings (SSSR count). The molecule has 0 radical (unpaired) electrons. The summed E-state index contributed by atoms with van der Waals surface area (Å²) >= 11 is 0. The van der Waals surface area contributed by atoms with E-state index in [1.54, 1.807) is 7.11 Å². The molecule has 2 aliphatic heterocycles. The maximum atomic E-state index is 12.8. The van der Waals surface area contributed by atoms with E-state index < -0.39 is 25.8 Å². The Bertz CT molecular complexity index is 915. The molecule has 33 heavy (non-hydrogen) atoms. The molecule has 2 amide bonds. The van der Waals surface area contributed by atoms with E-state index in [1.165, 1.54) is 4.90 Å². The maximum Gasteiger partial charge on any atom is 0.469 e. The third-order valence-corrected chi connectivity index (χ3v) is 7.48. The van der Waals surface area contributed by atoms with E-state index in [9.17, 15) is 14.2 Å². The zero-order valence-electron chi connectivity index (χ0n) is 18.8. The number of imide groups is 1. The predicted molar refractivity (Wildman–Crippen MR) is 121 cm³/mol. The summed E-state index contributed by atoms with van der Waals surface area (Å²) in [6.07, 6.45) is 0.982. The standard InChI is InChI=1S/C22H32N3O7P/c1-31-20-6-3-2-5-19(20)24-13-11-23(12-14-24)9-4-10-25-21(26)17-8-7-16(32-33(28,29)30)15-18(17)22(25)27/h2-3,5-6,16-18H,4,7-15H2,1H3,(H2,28,29,30). The minimum absolute atomic E-state index is 0.152. The van der Waals surface area contributed by atoms with Gasteiger partial charge in [-0.3, -0.25) is 23.9 Å². The number of phosphoric ester groups is 1. The summed E-state index contributed by atoms with van der Waals surface area (Å²) in [5.74, 6) is -0.441. The molecule has 1 saturated carbocycles. The zero-order chi connectivity index (χ0) is 23.6. The van der Waals surface area contributed by atoms with Gasteiger partial charge in [0.15, 0.2) is 0 Å². The molecule has 3 fully saturated rings. The molecule has 11 heteroatoms. The van der Waals surface area contributed by atoms with Gasteiger partial charge in [-0.05, 0) is 44.4 Å². The van der Waals surface area contributed by atoms with Crippen molar-refractivity contribution in [3.05, 3.63) is 24.3 Å². The molecule has 2 heterocycles. The number of benzene rings is 1. The first kappa shape index (κ1) is 24.2. The maximum absolute atomic E-state index is 12.8. The summed E-state index contributed by atoms with van der Waals surface area (Å²) < 4.78 is 21.4. The van der Waals surface area contributed by atoms with Crippen LogP contribution in [0.3, 0.4) is 0 Å². The van der Waals surface area contributed by atoms with Crippen LogP contribution in [0, 0.1) is 11.8 Å². The van der Waals surface area contributed by atoms with Gasteiger partial charge < -0.3 is 19.4 Å². The molecule has 3 aliphatic rings. The lowest BCUT2D eigenvalue weighted by Gasteiger charge is -2.36. The van der Waals surface area contributed by atoms with Gasteiger partial charge in [0.2, 0.25) is 11.8 Å². The van der Waals surface area contributed by atoms with Crippen LogP contribution >= 0.6 is 7.82 Å². The molecule has 1 aliphatic carbocycles. The number of methoxy groups -OCH3 is 1. The molecule has 10 nitrogen and oxygen atoms in total. The zero-order valence-corrected chi connectivity index (χ0v) is 19.7. The smallest absolute Gasteiger partial charge is 0.469 e. The Kier molecular flexibility index (Phi) is 7.40. The minimum atomic E-state index is -4.61. The monoisotopic (exact) mass is 481 g/mol. The third-order valence-electron chi connectivity index (χ3n) is 6.91. The van der Waals surface area contributed by atoms with Crippen LogP contribution in [0.4, 0.5) is 5.69 Å². The second-order valence-electron chi connectivity index (χ2n) is 8.93. The third kappa shape index (κ3) is 5.58. The number of nitrogens with zero attached hydrogens (tertiary/aromatic N) is 3. The quantitative estimate of drug-likeness (QED) is 0.420. The first-order valence-corrected chi connectivity index (χ1v) is 13.0. The summed E-state index contributed by atoms with van der Waals surface area (Å²) in [6, 6.07) is 7.99. The van der Waals surface area contributed by atoms with Crippen molar-refractivity contribution < 1.29 is 33.2 Å². The van der Waals surface area contributed by atoms with Gasteiger partial charge in [0.25, 0.3) is 0 Å². The number of ether oxygens (including phenoxy) is 1. The van der Waals surface area contributed by atoms with Crippen molar-refractivity contribution in [2.24, 2.45) is 11.8 Å². The molecule has 2 saturated heterocycles. The highest BCUT2D eigenvalue weighted by molar-refractivity contribution is 7.46. The van der Waals surface area contributed by atoms with Gasteiger partial charge in [0.05, 0.1) is 30.7 Å². The van der Waals surface area contributed by atoms with E-state index >= 15 is 0 Å².